The summed E-state index contributed by atoms with van der Waals surface area (Å²) in [4.78, 5) is 30.3. The molecule has 24 heavy (non-hydrogen) atoms. The van der Waals surface area contributed by atoms with Crippen molar-refractivity contribution in [3.05, 3.63) is 51.2 Å². The van der Waals surface area contributed by atoms with Crippen molar-refractivity contribution in [2.75, 3.05) is 6.54 Å². The standard InChI is InChI=1S/C17H17FN2O3S/c1-10-15(16(21)20-8-2-3-13(20)17(22)23)24-14(19-10)9-11-4-6-12(18)7-5-11/h4-7,13H,2-3,8-9H2,1H3,(H,22,23)/t13-/m1/s1. The fourth-order valence-corrected chi connectivity index (χ4v) is 3.96. The van der Waals surface area contributed by atoms with Gasteiger partial charge in [0.1, 0.15) is 16.7 Å². The third kappa shape index (κ3) is 3.31. The molecule has 5 nitrogen and oxygen atoms in total. The minimum Gasteiger partial charge on any atom is -0.480 e. The van der Waals surface area contributed by atoms with Crippen LogP contribution >= 0.6 is 11.3 Å². The van der Waals surface area contributed by atoms with Crippen LogP contribution in [0, 0.1) is 12.7 Å². The first-order valence-electron chi connectivity index (χ1n) is 7.70. The number of carboxylic acids is 1. The maximum atomic E-state index is 13.0. The number of nitrogens with zero attached hydrogens (tertiary/aromatic N) is 2. The third-order valence-corrected chi connectivity index (χ3v) is 5.25. The van der Waals surface area contributed by atoms with Crippen LogP contribution in [0.3, 0.4) is 0 Å². The predicted molar refractivity (Wildman–Crippen MR) is 87.8 cm³/mol. The molecule has 1 saturated heterocycles. The molecule has 2 heterocycles. The number of likely N-dealkylation sites (tertiary alicyclic amines) is 1. The molecule has 1 aromatic carbocycles. The number of hydrogen-bond donors (Lipinski definition) is 1. The van der Waals surface area contributed by atoms with Gasteiger partial charge in [-0.15, -0.1) is 11.3 Å². The Morgan fingerprint density at radius 3 is 2.75 bits per heavy atom. The number of amides is 1. The van der Waals surface area contributed by atoms with Crippen molar-refractivity contribution in [3.63, 3.8) is 0 Å². The number of aliphatic carboxylic acids is 1. The number of aromatic nitrogens is 1. The zero-order valence-electron chi connectivity index (χ0n) is 13.2. The summed E-state index contributed by atoms with van der Waals surface area (Å²) < 4.78 is 13.0. The van der Waals surface area contributed by atoms with Crippen LogP contribution in [0.25, 0.3) is 0 Å². The molecule has 1 fully saturated rings. The zero-order chi connectivity index (χ0) is 17.3. The first-order valence-corrected chi connectivity index (χ1v) is 8.52. The summed E-state index contributed by atoms with van der Waals surface area (Å²) in [5, 5.41) is 9.99. The van der Waals surface area contributed by atoms with E-state index in [2.05, 4.69) is 4.98 Å². The second kappa shape index (κ2) is 6.68. The van der Waals surface area contributed by atoms with E-state index < -0.39 is 12.0 Å². The van der Waals surface area contributed by atoms with E-state index in [4.69, 9.17) is 0 Å². The van der Waals surface area contributed by atoms with Crippen LogP contribution in [0.2, 0.25) is 0 Å². The number of carboxylic acid groups (broad SMARTS) is 1. The van der Waals surface area contributed by atoms with Crippen LogP contribution in [-0.4, -0.2) is 39.5 Å². The molecular formula is C17H17FN2O3S. The van der Waals surface area contributed by atoms with Crippen molar-refractivity contribution in [1.29, 1.82) is 0 Å². The van der Waals surface area contributed by atoms with Crippen LogP contribution in [-0.2, 0) is 11.2 Å². The normalized spacial score (nSPS) is 17.2. The quantitative estimate of drug-likeness (QED) is 0.922. The Kier molecular flexibility index (Phi) is 4.62. The molecule has 1 aliphatic rings. The molecule has 1 aromatic heterocycles. The van der Waals surface area contributed by atoms with E-state index in [1.807, 2.05) is 0 Å². The van der Waals surface area contributed by atoms with Crippen molar-refractivity contribution in [2.45, 2.75) is 32.2 Å². The summed E-state index contributed by atoms with van der Waals surface area (Å²) >= 11 is 1.28. The number of thiazole rings is 1. The van der Waals surface area contributed by atoms with Crippen LogP contribution in [0.15, 0.2) is 24.3 Å². The highest BCUT2D eigenvalue weighted by Gasteiger charge is 2.35. The molecule has 126 valence electrons. The number of halogens is 1. The van der Waals surface area contributed by atoms with E-state index >= 15 is 0 Å². The maximum Gasteiger partial charge on any atom is 0.326 e. The van der Waals surface area contributed by atoms with Gasteiger partial charge in [-0.2, -0.15) is 0 Å². The summed E-state index contributed by atoms with van der Waals surface area (Å²) in [7, 11) is 0. The van der Waals surface area contributed by atoms with Gasteiger partial charge in [0.2, 0.25) is 0 Å². The van der Waals surface area contributed by atoms with E-state index in [0.717, 1.165) is 10.6 Å². The lowest BCUT2D eigenvalue weighted by atomic mass is 10.1. The highest BCUT2D eigenvalue weighted by molar-refractivity contribution is 7.13. The molecular weight excluding hydrogens is 331 g/mol. The van der Waals surface area contributed by atoms with Crippen molar-refractivity contribution in [3.8, 4) is 0 Å². The molecule has 7 heteroatoms. The average Bonchev–Trinajstić information content (AvgIpc) is 3.16. The SMILES string of the molecule is Cc1nc(Cc2ccc(F)cc2)sc1C(=O)N1CCC[C@@H]1C(=O)O. The topological polar surface area (TPSA) is 70.5 Å². The molecule has 0 saturated carbocycles. The van der Waals surface area contributed by atoms with Gasteiger partial charge in [0.05, 0.1) is 10.7 Å². The number of carbonyl (C=O) groups is 2. The predicted octanol–water partition coefficient (Wildman–Crippen LogP) is 2.87. The monoisotopic (exact) mass is 348 g/mol. The van der Waals surface area contributed by atoms with Gasteiger partial charge in [0, 0.05) is 13.0 Å². The molecule has 1 aliphatic heterocycles. The molecule has 0 spiro atoms. The molecule has 0 radical (unpaired) electrons. The highest BCUT2D eigenvalue weighted by Crippen LogP contribution is 2.26. The Balaban J connectivity index is 1.79. The smallest absolute Gasteiger partial charge is 0.326 e. The third-order valence-electron chi connectivity index (χ3n) is 4.10. The van der Waals surface area contributed by atoms with Crippen molar-refractivity contribution in [1.82, 2.24) is 9.88 Å². The van der Waals surface area contributed by atoms with Gasteiger partial charge in [-0.1, -0.05) is 12.1 Å². The summed E-state index contributed by atoms with van der Waals surface area (Å²) in [5.41, 5.74) is 1.52. The molecule has 3 rings (SSSR count). The van der Waals surface area contributed by atoms with Crippen molar-refractivity contribution >= 4 is 23.2 Å². The Hall–Kier alpha value is -2.28. The first kappa shape index (κ1) is 16.6. The van der Waals surface area contributed by atoms with Gasteiger partial charge in [-0.05, 0) is 37.5 Å². The Labute approximate surface area is 142 Å². The second-order valence-electron chi connectivity index (χ2n) is 5.82. The molecule has 0 bridgehead atoms. The van der Waals surface area contributed by atoms with E-state index in [9.17, 15) is 19.1 Å². The molecule has 1 N–H and O–H groups in total. The summed E-state index contributed by atoms with van der Waals surface area (Å²) in [6.07, 6.45) is 1.70. The lowest BCUT2D eigenvalue weighted by Crippen LogP contribution is -2.40. The average molecular weight is 348 g/mol. The van der Waals surface area contributed by atoms with Gasteiger partial charge in [-0.3, -0.25) is 4.79 Å². The summed E-state index contributed by atoms with van der Waals surface area (Å²) in [6.45, 7) is 2.21. The zero-order valence-corrected chi connectivity index (χ0v) is 14.0. The fraction of sp³-hybridized carbons (Fsp3) is 0.353. The maximum absolute atomic E-state index is 13.0. The summed E-state index contributed by atoms with van der Waals surface area (Å²) in [5.74, 6) is -1.52. The lowest BCUT2D eigenvalue weighted by Gasteiger charge is -2.20. The van der Waals surface area contributed by atoms with Crippen LogP contribution in [0.5, 0.6) is 0 Å². The number of carbonyl (C=O) groups excluding carboxylic acids is 1. The van der Waals surface area contributed by atoms with Crippen LogP contribution in [0.4, 0.5) is 4.39 Å². The fourth-order valence-electron chi connectivity index (χ4n) is 2.90. The van der Waals surface area contributed by atoms with Gasteiger partial charge in [0.25, 0.3) is 5.91 Å². The number of rotatable bonds is 4. The van der Waals surface area contributed by atoms with E-state index in [0.29, 0.717) is 36.4 Å². The summed E-state index contributed by atoms with van der Waals surface area (Å²) in [6, 6.07) is 5.41. The van der Waals surface area contributed by atoms with Gasteiger partial charge < -0.3 is 10.0 Å². The Morgan fingerprint density at radius 1 is 1.38 bits per heavy atom. The molecule has 0 unspecified atom stereocenters. The molecule has 2 aromatic rings. The lowest BCUT2D eigenvalue weighted by molar-refractivity contribution is -0.141. The molecule has 1 amide bonds. The second-order valence-corrected chi connectivity index (χ2v) is 6.90. The minimum atomic E-state index is -0.963. The van der Waals surface area contributed by atoms with Crippen molar-refractivity contribution < 1.29 is 19.1 Å². The van der Waals surface area contributed by atoms with Crippen molar-refractivity contribution in [2.24, 2.45) is 0 Å². The molecule has 0 aliphatic carbocycles. The van der Waals surface area contributed by atoms with Gasteiger partial charge >= 0.3 is 5.97 Å². The minimum absolute atomic E-state index is 0.264. The Morgan fingerprint density at radius 2 is 2.08 bits per heavy atom. The number of hydrogen-bond acceptors (Lipinski definition) is 4. The van der Waals surface area contributed by atoms with Gasteiger partial charge in [-0.25, -0.2) is 14.2 Å². The van der Waals surface area contributed by atoms with E-state index in [1.54, 1.807) is 19.1 Å². The Bertz CT molecular complexity index is 773. The number of aryl methyl sites for hydroxylation is 1. The highest BCUT2D eigenvalue weighted by atomic mass is 32.1. The van der Waals surface area contributed by atoms with Gasteiger partial charge in [0.15, 0.2) is 0 Å². The van der Waals surface area contributed by atoms with E-state index in [1.165, 1.54) is 28.4 Å². The first-order chi connectivity index (χ1) is 11.5. The van der Waals surface area contributed by atoms with E-state index in [-0.39, 0.29) is 11.7 Å². The number of benzene rings is 1. The molecule has 1 atom stereocenters. The van der Waals surface area contributed by atoms with Crippen LogP contribution < -0.4 is 0 Å². The van der Waals surface area contributed by atoms with Crippen LogP contribution in [0.1, 0.15) is 38.8 Å². The largest absolute Gasteiger partial charge is 0.480 e.